The molecule has 0 bridgehead atoms. The molecule has 15 heavy (non-hydrogen) atoms. The van der Waals surface area contributed by atoms with Gasteiger partial charge in [-0.1, -0.05) is 6.92 Å². The van der Waals surface area contributed by atoms with Gasteiger partial charge in [-0.15, -0.1) is 0 Å². The maximum absolute atomic E-state index is 12.0. The van der Waals surface area contributed by atoms with Crippen LogP contribution in [0.1, 0.15) is 33.1 Å². The molecule has 0 aliphatic heterocycles. The standard InChI is InChI=1S/C10H22N2O2S/c1-4-7-11-8-9(2)15(13,14)12(3)10-5-6-10/h9-11H,4-8H2,1-3H3. The van der Waals surface area contributed by atoms with Crippen molar-refractivity contribution in [3.05, 3.63) is 0 Å². The summed E-state index contributed by atoms with van der Waals surface area (Å²) in [5.41, 5.74) is 0. The average molecular weight is 234 g/mol. The first-order chi connectivity index (χ1) is 7.00. The highest BCUT2D eigenvalue weighted by atomic mass is 32.2. The molecule has 1 fully saturated rings. The third-order valence-corrected chi connectivity index (χ3v) is 5.11. The van der Waals surface area contributed by atoms with Crippen LogP contribution in [0.15, 0.2) is 0 Å². The van der Waals surface area contributed by atoms with E-state index >= 15 is 0 Å². The Labute approximate surface area is 93.1 Å². The summed E-state index contributed by atoms with van der Waals surface area (Å²) in [6.45, 7) is 5.28. The Kier molecular flexibility index (Phi) is 4.55. The van der Waals surface area contributed by atoms with Crippen molar-refractivity contribution in [2.24, 2.45) is 0 Å². The topological polar surface area (TPSA) is 49.4 Å². The van der Waals surface area contributed by atoms with Crippen LogP contribution >= 0.6 is 0 Å². The zero-order chi connectivity index (χ0) is 11.5. The third-order valence-electron chi connectivity index (χ3n) is 2.83. The van der Waals surface area contributed by atoms with Gasteiger partial charge in [-0.05, 0) is 32.7 Å². The molecule has 1 unspecified atom stereocenters. The Bertz CT molecular complexity index is 286. The summed E-state index contributed by atoms with van der Waals surface area (Å²) in [6, 6.07) is 0.267. The van der Waals surface area contributed by atoms with Crippen molar-refractivity contribution in [1.29, 1.82) is 0 Å². The SMILES string of the molecule is CCCNCC(C)S(=O)(=O)N(C)C1CC1. The lowest BCUT2D eigenvalue weighted by atomic mass is 10.4. The van der Waals surface area contributed by atoms with Crippen LogP contribution < -0.4 is 5.32 Å². The van der Waals surface area contributed by atoms with Gasteiger partial charge in [0.2, 0.25) is 10.0 Å². The Hall–Kier alpha value is -0.130. The zero-order valence-electron chi connectivity index (χ0n) is 9.86. The van der Waals surface area contributed by atoms with Gasteiger partial charge in [-0.3, -0.25) is 0 Å². The molecule has 1 aliphatic carbocycles. The predicted molar refractivity (Wildman–Crippen MR) is 62.3 cm³/mol. The van der Waals surface area contributed by atoms with Crippen molar-refractivity contribution >= 4 is 10.0 Å². The monoisotopic (exact) mass is 234 g/mol. The third kappa shape index (κ3) is 3.43. The first kappa shape index (κ1) is 12.9. The van der Waals surface area contributed by atoms with Crippen molar-refractivity contribution in [2.75, 3.05) is 20.1 Å². The Morgan fingerprint density at radius 1 is 1.47 bits per heavy atom. The summed E-state index contributed by atoms with van der Waals surface area (Å²) in [6.07, 6.45) is 3.07. The lowest BCUT2D eigenvalue weighted by Gasteiger charge is -2.21. The van der Waals surface area contributed by atoms with E-state index in [2.05, 4.69) is 12.2 Å². The highest BCUT2D eigenvalue weighted by Crippen LogP contribution is 2.28. The highest BCUT2D eigenvalue weighted by Gasteiger charge is 2.36. The van der Waals surface area contributed by atoms with E-state index in [0.29, 0.717) is 6.54 Å². The number of hydrogen-bond donors (Lipinski definition) is 1. The fourth-order valence-electron chi connectivity index (χ4n) is 1.52. The molecule has 1 saturated carbocycles. The minimum absolute atomic E-state index is 0.267. The Morgan fingerprint density at radius 3 is 2.53 bits per heavy atom. The number of hydrogen-bond acceptors (Lipinski definition) is 3. The quantitative estimate of drug-likeness (QED) is 0.663. The van der Waals surface area contributed by atoms with Gasteiger partial charge in [0.25, 0.3) is 0 Å². The van der Waals surface area contributed by atoms with Gasteiger partial charge in [0.1, 0.15) is 0 Å². The summed E-state index contributed by atoms with van der Waals surface area (Å²) >= 11 is 0. The van der Waals surface area contributed by atoms with Gasteiger partial charge >= 0.3 is 0 Å². The summed E-state index contributed by atoms with van der Waals surface area (Å²) in [5.74, 6) is 0. The molecule has 4 nitrogen and oxygen atoms in total. The van der Waals surface area contributed by atoms with Crippen molar-refractivity contribution < 1.29 is 8.42 Å². The Balaban J connectivity index is 2.44. The molecule has 0 amide bonds. The predicted octanol–water partition coefficient (Wildman–Crippen LogP) is 0.798. The lowest BCUT2D eigenvalue weighted by Crippen LogP contribution is -2.41. The molecule has 1 aliphatic rings. The van der Waals surface area contributed by atoms with Crippen LogP contribution in [-0.2, 0) is 10.0 Å². The molecular weight excluding hydrogens is 212 g/mol. The van der Waals surface area contributed by atoms with Crippen LogP contribution in [0.25, 0.3) is 0 Å². The van der Waals surface area contributed by atoms with Gasteiger partial charge in [-0.25, -0.2) is 12.7 Å². The Morgan fingerprint density at radius 2 is 2.07 bits per heavy atom. The second-order valence-corrected chi connectivity index (χ2v) is 6.72. The van der Waals surface area contributed by atoms with Crippen molar-refractivity contribution in [2.45, 2.75) is 44.4 Å². The zero-order valence-corrected chi connectivity index (χ0v) is 10.7. The summed E-state index contributed by atoms with van der Waals surface area (Å²) in [7, 11) is -1.39. The second-order valence-electron chi connectivity index (χ2n) is 4.31. The van der Waals surface area contributed by atoms with Crippen molar-refractivity contribution in [1.82, 2.24) is 9.62 Å². The molecule has 5 heteroatoms. The maximum atomic E-state index is 12.0. The molecule has 1 atom stereocenters. The molecule has 0 spiro atoms. The van der Waals surface area contributed by atoms with E-state index < -0.39 is 10.0 Å². The van der Waals surface area contributed by atoms with Gasteiger partial charge < -0.3 is 5.32 Å². The van der Waals surface area contributed by atoms with Crippen molar-refractivity contribution in [3.8, 4) is 0 Å². The van der Waals surface area contributed by atoms with E-state index in [1.54, 1.807) is 18.3 Å². The normalized spacial score (nSPS) is 19.5. The fraction of sp³-hybridized carbons (Fsp3) is 1.00. The van der Waals surface area contributed by atoms with Gasteiger partial charge in [0.05, 0.1) is 5.25 Å². The second kappa shape index (κ2) is 5.27. The van der Waals surface area contributed by atoms with E-state index in [4.69, 9.17) is 0 Å². The highest BCUT2D eigenvalue weighted by molar-refractivity contribution is 7.89. The van der Waals surface area contributed by atoms with Gasteiger partial charge in [-0.2, -0.15) is 0 Å². The van der Waals surface area contributed by atoms with Crippen LogP contribution in [0.4, 0.5) is 0 Å². The molecule has 1 rings (SSSR count). The van der Waals surface area contributed by atoms with E-state index in [0.717, 1.165) is 25.8 Å². The van der Waals surface area contributed by atoms with Gasteiger partial charge in [0, 0.05) is 19.6 Å². The number of nitrogens with one attached hydrogen (secondary N) is 1. The number of rotatable bonds is 7. The van der Waals surface area contributed by atoms with Crippen LogP contribution in [0, 0.1) is 0 Å². The van der Waals surface area contributed by atoms with Crippen LogP contribution in [-0.4, -0.2) is 44.2 Å². The van der Waals surface area contributed by atoms with Gasteiger partial charge in [0.15, 0.2) is 0 Å². The maximum Gasteiger partial charge on any atom is 0.217 e. The minimum atomic E-state index is -3.09. The van der Waals surface area contributed by atoms with Crippen molar-refractivity contribution in [3.63, 3.8) is 0 Å². The van der Waals surface area contributed by atoms with Crippen LogP contribution in [0.5, 0.6) is 0 Å². The molecule has 0 radical (unpaired) electrons. The average Bonchev–Trinajstić information content (AvgIpc) is 3.00. The largest absolute Gasteiger partial charge is 0.315 e. The molecule has 1 N–H and O–H groups in total. The molecule has 0 aromatic carbocycles. The molecule has 90 valence electrons. The fourth-order valence-corrected chi connectivity index (χ4v) is 3.04. The smallest absolute Gasteiger partial charge is 0.217 e. The number of sulfonamides is 1. The van der Waals surface area contributed by atoms with E-state index in [-0.39, 0.29) is 11.3 Å². The summed E-state index contributed by atoms with van der Waals surface area (Å²) in [5, 5.41) is 2.82. The first-order valence-electron chi connectivity index (χ1n) is 5.67. The summed E-state index contributed by atoms with van der Waals surface area (Å²) < 4.78 is 25.5. The van der Waals surface area contributed by atoms with E-state index in [1.165, 1.54) is 0 Å². The van der Waals surface area contributed by atoms with Crippen LogP contribution in [0.2, 0.25) is 0 Å². The minimum Gasteiger partial charge on any atom is -0.315 e. The first-order valence-corrected chi connectivity index (χ1v) is 7.18. The van der Waals surface area contributed by atoms with E-state index in [9.17, 15) is 8.42 Å². The molecule has 0 aromatic rings. The molecule has 0 heterocycles. The molecular formula is C10H22N2O2S. The summed E-state index contributed by atoms with van der Waals surface area (Å²) in [4.78, 5) is 0. The van der Waals surface area contributed by atoms with E-state index in [1.807, 2.05) is 0 Å². The lowest BCUT2D eigenvalue weighted by molar-refractivity contribution is 0.451. The van der Waals surface area contributed by atoms with Crippen LogP contribution in [0.3, 0.4) is 0 Å². The number of nitrogens with zero attached hydrogens (tertiary/aromatic N) is 1. The molecule has 0 aromatic heterocycles. The molecule has 0 saturated heterocycles.